The molecule has 0 unspecified atom stereocenters. The van der Waals surface area contributed by atoms with Crippen LogP contribution >= 0.6 is 0 Å². The Kier molecular flexibility index (Phi) is 1.84. The van der Waals surface area contributed by atoms with E-state index < -0.39 is 0 Å². The highest BCUT2D eigenvalue weighted by Crippen LogP contribution is 2.25. The van der Waals surface area contributed by atoms with E-state index >= 15 is 0 Å². The summed E-state index contributed by atoms with van der Waals surface area (Å²) in [5.74, 6) is 0. The SMILES string of the molecule is N#Cc1cccc2ncc3ccccc3c12. The number of nitrogens with zero attached hydrogens (tertiary/aromatic N) is 2. The molecule has 0 aliphatic heterocycles. The van der Waals surface area contributed by atoms with Gasteiger partial charge in [-0.3, -0.25) is 4.98 Å². The van der Waals surface area contributed by atoms with Crippen LogP contribution in [-0.4, -0.2) is 4.98 Å². The molecule has 16 heavy (non-hydrogen) atoms. The molecule has 0 bridgehead atoms. The van der Waals surface area contributed by atoms with Gasteiger partial charge < -0.3 is 0 Å². The summed E-state index contributed by atoms with van der Waals surface area (Å²) in [5.41, 5.74) is 1.56. The maximum atomic E-state index is 9.12. The minimum absolute atomic E-state index is 0.682. The number of rotatable bonds is 0. The lowest BCUT2D eigenvalue weighted by atomic mass is 10.0. The molecule has 2 aromatic carbocycles. The van der Waals surface area contributed by atoms with Crippen molar-refractivity contribution in [2.45, 2.75) is 0 Å². The summed E-state index contributed by atoms with van der Waals surface area (Å²) >= 11 is 0. The van der Waals surface area contributed by atoms with Gasteiger partial charge >= 0.3 is 0 Å². The largest absolute Gasteiger partial charge is 0.256 e. The maximum Gasteiger partial charge on any atom is 0.0998 e. The van der Waals surface area contributed by atoms with Crippen LogP contribution < -0.4 is 0 Å². The zero-order valence-electron chi connectivity index (χ0n) is 8.51. The summed E-state index contributed by atoms with van der Waals surface area (Å²) < 4.78 is 0. The third-order valence-corrected chi connectivity index (χ3v) is 2.74. The van der Waals surface area contributed by atoms with Crippen LogP contribution in [0.2, 0.25) is 0 Å². The van der Waals surface area contributed by atoms with Gasteiger partial charge in [0.15, 0.2) is 0 Å². The average Bonchev–Trinajstić information content (AvgIpc) is 2.37. The second-order valence-electron chi connectivity index (χ2n) is 3.66. The van der Waals surface area contributed by atoms with Gasteiger partial charge in [0.05, 0.1) is 17.1 Å². The van der Waals surface area contributed by atoms with Crippen LogP contribution in [0.4, 0.5) is 0 Å². The Morgan fingerprint density at radius 1 is 1.00 bits per heavy atom. The summed E-state index contributed by atoms with van der Waals surface area (Å²) in [6.07, 6.45) is 1.85. The first-order valence-corrected chi connectivity index (χ1v) is 5.07. The molecule has 1 aromatic heterocycles. The highest BCUT2D eigenvalue weighted by molar-refractivity contribution is 6.07. The molecular weight excluding hydrogens is 196 g/mol. The van der Waals surface area contributed by atoms with Crippen molar-refractivity contribution in [2.75, 3.05) is 0 Å². The van der Waals surface area contributed by atoms with E-state index in [1.807, 2.05) is 48.7 Å². The third kappa shape index (κ3) is 1.15. The normalized spacial score (nSPS) is 10.4. The molecule has 0 saturated heterocycles. The number of nitriles is 1. The van der Waals surface area contributed by atoms with Crippen molar-refractivity contribution in [3.8, 4) is 6.07 Å². The van der Waals surface area contributed by atoms with Crippen LogP contribution in [0.25, 0.3) is 21.7 Å². The average molecular weight is 204 g/mol. The molecule has 3 aromatic rings. The van der Waals surface area contributed by atoms with Crippen molar-refractivity contribution in [2.24, 2.45) is 0 Å². The molecule has 0 amide bonds. The van der Waals surface area contributed by atoms with Crippen LogP contribution in [-0.2, 0) is 0 Å². The van der Waals surface area contributed by atoms with E-state index in [1.54, 1.807) is 0 Å². The molecule has 0 spiro atoms. The molecule has 2 heteroatoms. The van der Waals surface area contributed by atoms with Crippen molar-refractivity contribution in [3.63, 3.8) is 0 Å². The molecule has 0 atom stereocenters. The topological polar surface area (TPSA) is 36.7 Å². The lowest BCUT2D eigenvalue weighted by Crippen LogP contribution is -1.85. The molecular formula is C14H8N2. The summed E-state index contributed by atoms with van der Waals surface area (Å²) in [6, 6.07) is 15.8. The first kappa shape index (κ1) is 8.87. The van der Waals surface area contributed by atoms with E-state index in [0.717, 1.165) is 21.7 Å². The smallest absolute Gasteiger partial charge is 0.0998 e. The van der Waals surface area contributed by atoms with Gasteiger partial charge in [-0.05, 0) is 17.5 Å². The first-order valence-electron chi connectivity index (χ1n) is 5.07. The molecule has 3 rings (SSSR count). The van der Waals surface area contributed by atoms with Gasteiger partial charge in [-0.25, -0.2) is 0 Å². The molecule has 0 fully saturated rings. The molecule has 0 aliphatic rings. The molecule has 0 saturated carbocycles. The third-order valence-electron chi connectivity index (χ3n) is 2.74. The molecule has 2 nitrogen and oxygen atoms in total. The molecule has 0 aliphatic carbocycles. The van der Waals surface area contributed by atoms with Crippen molar-refractivity contribution in [1.29, 1.82) is 5.26 Å². The standard InChI is InChI=1S/C14H8N2/c15-8-10-5-3-7-13-14(10)12-6-2-1-4-11(12)9-16-13/h1-7,9H. The van der Waals surface area contributed by atoms with E-state index in [-0.39, 0.29) is 0 Å². The van der Waals surface area contributed by atoms with E-state index in [0.29, 0.717) is 5.56 Å². The Bertz CT molecular complexity index is 723. The Balaban J connectivity index is 2.64. The lowest BCUT2D eigenvalue weighted by Gasteiger charge is -2.03. The van der Waals surface area contributed by atoms with Gasteiger partial charge in [0.2, 0.25) is 0 Å². The monoisotopic (exact) mass is 204 g/mol. The number of fused-ring (bicyclic) bond motifs is 3. The first-order chi connectivity index (χ1) is 7.90. The summed E-state index contributed by atoms with van der Waals surface area (Å²) in [5, 5.41) is 12.2. The van der Waals surface area contributed by atoms with Crippen LogP contribution in [0, 0.1) is 11.3 Å². The van der Waals surface area contributed by atoms with Gasteiger partial charge in [0.25, 0.3) is 0 Å². The van der Waals surface area contributed by atoms with E-state index in [2.05, 4.69) is 11.1 Å². The van der Waals surface area contributed by atoms with Crippen molar-refractivity contribution in [1.82, 2.24) is 4.98 Å². The van der Waals surface area contributed by atoms with Crippen LogP contribution in [0.3, 0.4) is 0 Å². The molecule has 74 valence electrons. The van der Waals surface area contributed by atoms with Crippen LogP contribution in [0.5, 0.6) is 0 Å². The summed E-state index contributed by atoms with van der Waals surface area (Å²) in [6.45, 7) is 0. The van der Waals surface area contributed by atoms with E-state index in [1.165, 1.54) is 0 Å². The fourth-order valence-corrected chi connectivity index (χ4v) is 2.00. The Morgan fingerprint density at radius 3 is 2.75 bits per heavy atom. The van der Waals surface area contributed by atoms with Gasteiger partial charge in [0, 0.05) is 17.0 Å². The predicted octanol–water partition coefficient (Wildman–Crippen LogP) is 3.26. The fraction of sp³-hybridized carbons (Fsp3) is 0. The Labute approximate surface area is 92.8 Å². The second kappa shape index (κ2) is 3.32. The number of hydrogen-bond acceptors (Lipinski definition) is 2. The number of aromatic nitrogens is 1. The van der Waals surface area contributed by atoms with E-state index in [9.17, 15) is 0 Å². The number of hydrogen-bond donors (Lipinski definition) is 0. The van der Waals surface area contributed by atoms with Gasteiger partial charge in [-0.15, -0.1) is 0 Å². The summed E-state index contributed by atoms with van der Waals surface area (Å²) in [4.78, 5) is 4.37. The maximum absolute atomic E-state index is 9.12. The van der Waals surface area contributed by atoms with Crippen molar-refractivity contribution >= 4 is 21.7 Å². The zero-order chi connectivity index (χ0) is 11.0. The number of pyridine rings is 1. The van der Waals surface area contributed by atoms with Gasteiger partial charge in [0.1, 0.15) is 0 Å². The predicted molar refractivity (Wildman–Crippen MR) is 64.0 cm³/mol. The van der Waals surface area contributed by atoms with E-state index in [4.69, 9.17) is 5.26 Å². The molecule has 1 heterocycles. The van der Waals surface area contributed by atoms with Crippen LogP contribution in [0.1, 0.15) is 5.56 Å². The second-order valence-corrected chi connectivity index (χ2v) is 3.66. The minimum atomic E-state index is 0.682. The Hall–Kier alpha value is -2.40. The lowest BCUT2D eigenvalue weighted by molar-refractivity contribution is 1.43. The van der Waals surface area contributed by atoms with Gasteiger partial charge in [-0.1, -0.05) is 30.3 Å². The van der Waals surface area contributed by atoms with Crippen molar-refractivity contribution < 1.29 is 0 Å². The zero-order valence-corrected chi connectivity index (χ0v) is 8.51. The quantitative estimate of drug-likeness (QED) is 0.527. The van der Waals surface area contributed by atoms with Crippen LogP contribution in [0.15, 0.2) is 48.7 Å². The summed E-state index contributed by atoms with van der Waals surface area (Å²) in [7, 11) is 0. The highest BCUT2D eigenvalue weighted by Gasteiger charge is 2.05. The van der Waals surface area contributed by atoms with Gasteiger partial charge in [-0.2, -0.15) is 5.26 Å². The highest BCUT2D eigenvalue weighted by atomic mass is 14.6. The Morgan fingerprint density at radius 2 is 1.88 bits per heavy atom. The number of benzene rings is 2. The fourth-order valence-electron chi connectivity index (χ4n) is 2.00. The van der Waals surface area contributed by atoms with Crippen molar-refractivity contribution in [3.05, 3.63) is 54.2 Å². The molecule has 0 N–H and O–H groups in total. The minimum Gasteiger partial charge on any atom is -0.256 e. The molecule has 0 radical (unpaired) electrons.